The Morgan fingerprint density at radius 1 is 0.850 bits per heavy atom. The Hall–Kier alpha value is -2.53. The number of hydrogen-bond donors (Lipinski definition) is 1. The van der Waals surface area contributed by atoms with Gasteiger partial charge in [0.15, 0.2) is 5.82 Å². The van der Waals surface area contributed by atoms with E-state index in [2.05, 4.69) is 25.3 Å². The largest absolute Gasteiger partial charge is 0.325 e. The van der Waals surface area contributed by atoms with Gasteiger partial charge in [0, 0.05) is 18.6 Å². The molecule has 3 aromatic rings. The highest BCUT2D eigenvalue weighted by Gasteiger charge is 2.04. The van der Waals surface area contributed by atoms with E-state index in [1.54, 1.807) is 36.8 Å². The van der Waals surface area contributed by atoms with E-state index >= 15 is 0 Å². The molecular weight excluding hydrogens is 274 g/mol. The molecule has 0 spiro atoms. The monoisotopic (exact) mass is 283 g/mol. The molecule has 5 nitrogen and oxygen atoms in total. The third-order valence-electron chi connectivity index (χ3n) is 2.53. The molecule has 3 heterocycles. The van der Waals surface area contributed by atoms with Crippen LogP contribution in [0, 0.1) is 0 Å². The summed E-state index contributed by atoms with van der Waals surface area (Å²) in [5.74, 6) is 1.88. The van der Waals surface area contributed by atoms with Crippen LogP contribution in [0.5, 0.6) is 0 Å². The number of nitrogens with one attached hydrogen (secondary N) is 1. The maximum absolute atomic E-state index is 5.80. The van der Waals surface area contributed by atoms with Crippen LogP contribution in [0.1, 0.15) is 0 Å². The SMILES string of the molecule is Clc1ccc(Nc2ccnc(-c3ccccn3)n2)nc1. The molecule has 0 radical (unpaired) electrons. The minimum absolute atomic E-state index is 0.560. The third-order valence-corrected chi connectivity index (χ3v) is 2.76. The first-order chi connectivity index (χ1) is 9.81. The van der Waals surface area contributed by atoms with Crippen molar-refractivity contribution in [2.24, 2.45) is 0 Å². The quantitative estimate of drug-likeness (QED) is 0.799. The van der Waals surface area contributed by atoms with E-state index in [1.807, 2.05) is 18.2 Å². The molecule has 3 aromatic heterocycles. The minimum Gasteiger partial charge on any atom is -0.325 e. The van der Waals surface area contributed by atoms with Crippen LogP contribution in [-0.2, 0) is 0 Å². The van der Waals surface area contributed by atoms with Crippen molar-refractivity contribution in [3.8, 4) is 11.5 Å². The lowest BCUT2D eigenvalue weighted by molar-refractivity contribution is 1.13. The summed E-state index contributed by atoms with van der Waals surface area (Å²) >= 11 is 5.80. The zero-order chi connectivity index (χ0) is 13.8. The van der Waals surface area contributed by atoms with Gasteiger partial charge in [0.2, 0.25) is 0 Å². The Kier molecular flexibility index (Phi) is 3.52. The summed E-state index contributed by atoms with van der Waals surface area (Å²) in [5.41, 5.74) is 0.722. The number of pyridine rings is 2. The zero-order valence-electron chi connectivity index (χ0n) is 10.4. The van der Waals surface area contributed by atoms with Crippen LogP contribution >= 0.6 is 11.6 Å². The number of halogens is 1. The van der Waals surface area contributed by atoms with Crippen molar-refractivity contribution in [2.75, 3.05) is 5.32 Å². The molecule has 0 atom stereocenters. The Bertz CT molecular complexity index is 700. The van der Waals surface area contributed by atoms with Gasteiger partial charge in [-0.25, -0.2) is 15.0 Å². The fourth-order valence-electron chi connectivity index (χ4n) is 1.63. The smallest absolute Gasteiger partial charge is 0.180 e. The standard InChI is InChI=1S/C14H10ClN5/c15-10-4-5-12(18-9-10)19-13-6-8-17-14(20-13)11-3-1-2-7-16-11/h1-9H,(H,17,18,19,20). The average Bonchev–Trinajstić information content (AvgIpc) is 2.51. The highest BCUT2D eigenvalue weighted by atomic mass is 35.5. The lowest BCUT2D eigenvalue weighted by Gasteiger charge is -2.05. The number of rotatable bonds is 3. The second-order valence-electron chi connectivity index (χ2n) is 3.97. The van der Waals surface area contributed by atoms with Crippen LogP contribution in [0.4, 0.5) is 11.6 Å². The van der Waals surface area contributed by atoms with Gasteiger partial charge in [0.25, 0.3) is 0 Å². The summed E-state index contributed by atoms with van der Waals surface area (Å²) in [6.07, 6.45) is 4.96. The Morgan fingerprint density at radius 3 is 2.55 bits per heavy atom. The van der Waals surface area contributed by atoms with Crippen molar-refractivity contribution >= 4 is 23.2 Å². The number of nitrogens with zero attached hydrogens (tertiary/aromatic N) is 4. The first-order valence-electron chi connectivity index (χ1n) is 5.94. The van der Waals surface area contributed by atoms with Gasteiger partial charge in [-0.2, -0.15) is 0 Å². The summed E-state index contributed by atoms with van der Waals surface area (Å²) in [4.78, 5) is 17.0. The van der Waals surface area contributed by atoms with E-state index < -0.39 is 0 Å². The van der Waals surface area contributed by atoms with E-state index in [4.69, 9.17) is 11.6 Å². The fourth-order valence-corrected chi connectivity index (χ4v) is 1.74. The topological polar surface area (TPSA) is 63.6 Å². The van der Waals surface area contributed by atoms with E-state index in [9.17, 15) is 0 Å². The van der Waals surface area contributed by atoms with Crippen LogP contribution in [0.3, 0.4) is 0 Å². The summed E-state index contributed by atoms with van der Waals surface area (Å²) in [7, 11) is 0. The second kappa shape index (κ2) is 5.63. The number of aromatic nitrogens is 4. The van der Waals surface area contributed by atoms with Gasteiger partial charge < -0.3 is 5.32 Å². The fraction of sp³-hybridized carbons (Fsp3) is 0. The van der Waals surface area contributed by atoms with Crippen molar-refractivity contribution in [3.63, 3.8) is 0 Å². The molecule has 0 unspecified atom stereocenters. The summed E-state index contributed by atoms with van der Waals surface area (Å²) < 4.78 is 0. The molecule has 6 heteroatoms. The Labute approximate surface area is 120 Å². The lowest BCUT2D eigenvalue weighted by Crippen LogP contribution is -1.98. The van der Waals surface area contributed by atoms with Gasteiger partial charge in [0.1, 0.15) is 17.3 Å². The highest BCUT2D eigenvalue weighted by Crippen LogP contribution is 2.17. The summed E-state index contributed by atoms with van der Waals surface area (Å²) in [6.45, 7) is 0. The molecule has 0 fully saturated rings. The van der Waals surface area contributed by atoms with Gasteiger partial charge in [-0.1, -0.05) is 17.7 Å². The van der Waals surface area contributed by atoms with Crippen LogP contribution in [0.2, 0.25) is 5.02 Å². The van der Waals surface area contributed by atoms with E-state index in [-0.39, 0.29) is 0 Å². The van der Waals surface area contributed by atoms with Gasteiger partial charge in [-0.15, -0.1) is 0 Å². The molecular formula is C14H10ClN5. The van der Waals surface area contributed by atoms with Gasteiger partial charge in [0.05, 0.1) is 5.02 Å². The Morgan fingerprint density at radius 2 is 1.80 bits per heavy atom. The predicted octanol–water partition coefficient (Wildman–Crippen LogP) is 3.33. The molecule has 20 heavy (non-hydrogen) atoms. The molecule has 0 aromatic carbocycles. The van der Waals surface area contributed by atoms with Crippen LogP contribution in [-0.4, -0.2) is 19.9 Å². The van der Waals surface area contributed by atoms with Crippen molar-refractivity contribution in [2.45, 2.75) is 0 Å². The van der Waals surface area contributed by atoms with Gasteiger partial charge in [-0.3, -0.25) is 4.98 Å². The van der Waals surface area contributed by atoms with Crippen molar-refractivity contribution in [1.29, 1.82) is 0 Å². The van der Waals surface area contributed by atoms with Crippen LogP contribution < -0.4 is 5.32 Å². The van der Waals surface area contributed by atoms with Crippen molar-refractivity contribution in [3.05, 3.63) is 60.0 Å². The van der Waals surface area contributed by atoms with E-state index in [0.717, 1.165) is 5.69 Å². The second-order valence-corrected chi connectivity index (χ2v) is 4.40. The summed E-state index contributed by atoms with van der Waals surface area (Å²) in [6, 6.07) is 10.9. The minimum atomic E-state index is 0.560. The van der Waals surface area contributed by atoms with Gasteiger partial charge in [-0.05, 0) is 30.3 Å². The zero-order valence-corrected chi connectivity index (χ0v) is 11.1. The van der Waals surface area contributed by atoms with Crippen molar-refractivity contribution in [1.82, 2.24) is 19.9 Å². The molecule has 0 saturated heterocycles. The molecule has 1 N–H and O–H groups in total. The van der Waals surface area contributed by atoms with Crippen LogP contribution in [0.25, 0.3) is 11.5 Å². The maximum Gasteiger partial charge on any atom is 0.180 e. The average molecular weight is 284 g/mol. The van der Waals surface area contributed by atoms with Crippen molar-refractivity contribution < 1.29 is 0 Å². The predicted molar refractivity (Wildman–Crippen MR) is 77.8 cm³/mol. The molecule has 3 rings (SSSR count). The molecule has 98 valence electrons. The van der Waals surface area contributed by atoms with E-state index in [1.165, 1.54) is 0 Å². The molecule has 0 saturated carbocycles. The number of hydrogen-bond acceptors (Lipinski definition) is 5. The Balaban J connectivity index is 1.86. The van der Waals surface area contributed by atoms with Crippen LogP contribution in [0.15, 0.2) is 55.0 Å². The normalized spacial score (nSPS) is 10.2. The highest BCUT2D eigenvalue weighted by molar-refractivity contribution is 6.30. The molecule has 0 aliphatic rings. The first kappa shape index (κ1) is 12.5. The third kappa shape index (κ3) is 2.89. The summed E-state index contributed by atoms with van der Waals surface area (Å²) in [5, 5.41) is 3.68. The molecule has 0 amide bonds. The van der Waals surface area contributed by atoms with E-state index in [0.29, 0.717) is 22.5 Å². The first-order valence-corrected chi connectivity index (χ1v) is 6.32. The lowest BCUT2D eigenvalue weighted by atomic mass is 10.3. The molecule has 0 bridgehead atoms. The maximum atomic E-state index is 5.80. The molecule has 0 aliphatic heterocycles. The number of anilines is 2. The van der Waals surface area contributed by atoms with Gasteiger partial charge >= 0.3 is 0 Å². The molecule has 0 aliphatic carbocycles.